The maximum Gasteiger partial charge on any atom is 0.314 e. The summed E-state index contributed by atoms with van der Waals surface area (Å²) in [5, 5.41) is 6.90. The van der Waals surface area contributed by atoms with Crippen LogP contribution in [0.5, 0.6) is 5.75 Å². The maximum absolute atomic E-state index is 11.9. The third-order valence-electron chi connectivity index (χ3n) is 4.32. The summed E-state index contributed by atoms with van der Waals surface area (Å²) in [7, 11) is 0. The van der Waals surface area contributed by atoms with Crippen LogP contribution in [-0.4, -0.2) is 30.7 Å². The molecular weight excluding hydrogens is 326 g/mol. The van der Waals surface area contributed by atoms with Crippen molar-refractivity contribution < 1.29 is 9.53 Å². The lowest BCUT2D eigenvalue weighted by atomic mass is 10.1. The number of carbonyl (C=O) groups excluding carboxylic acids is 1. The van der Waals surface area contributed by atoms with Crippen molar-refractivity contribution in [1.29, 1.82) is 0 Å². The van der Waals surface area contributed by atoms with Gasteiger partial charge in [0.05, 0.1) is 6.54 Å². The van der Waals surface area contributed by atoms with Crippen LogP contribution < -0.4 is 15.4 Å². The molecule has 0 spiro atoms. The second-order valence-electron chi connectivity index (χ2n) is 6.14. The normalized spacial score (nSPS) is 10.7. The lowest BCUT2D eigenvalue weighted by Gasteiger charge is -2.09. The fourth-order valence-corrected chi connectivity index (χ4v) is 2.90. The van der Waals surface area contributed by atoms with Crippen molar-refractivity contribution >= 4 is 16.9 Å². The molecule has 0 fully saturated rings. The Bertz CT molecular complexity index is 857. The molecule has 0 radical (unpaired) electrons. The number of urea groups is 1. The van der Waals surface area contributed by atoms with Crippen molar-refractivity contribution in [3.63, 3.8) is 0 Å². The average molecular weight is 351 g/mol. The minimum Gasteiger partial charge on any atom is -0.492 e. The molecule has 1 heterocycles. The van der Waals surface area contributed by atoms with Crippen molar-refractivity contribution in [3.05, 3.63) is 65.9 Å². The molecule has 3 rings (SSSR count). The molecule has 3 N–H and O–H groups in total. The minimum atomic E-state index is -0.171. The van der Waals surface area contributed by atoms with E-state index in [4.69, 9.17) is 4.74 Å². The molecule has 0 saturated heterocycles. The number of aromatic amines is 1. The summed E-state index contributed by atoms with van der Waals surface area (Å²) in [6, 6.07) is 16.0. The summed E-state index contributed by atoms with van der Waals surface area (Å²) in [5.74, 6) is 0.839. The Balaban J connectivity index is 1.34. The highest BCUT2D eigenvalue weighted by Gasteiger charge is 2.04. The molecule has 0 aliphatic heterocycles. The summed E-state index contributed by atoms with van der Waals surface area (Å²) in [4.78, 5) is 15.1. The van der Waals surface area contributed by atoms with Crippen LogP contribution in [0.1, 0.15) is 18.1 Å². The molecule has 0 saturated carbocycles. The van der Waals surface area contributed by atoms with Gasteiger partial charge in [0.15, 0.2) is 0 Å². The van der Waals surface area contributed by atoms with Crippen molar-refractivity contribution in [2.45, 2.75) is 19.8 Å². The van der Waals surface area contributed by atoms with Crippen molar-refractivity contribution in [1.82, 2.24) is 15.6 Å². The Morgan fingerprint density at radius 2 is 1.92 bits per heavy atom. The second-order valence-corrected chi connectivity index (χ2v) is 6.14. The molecule has 136 valence electrons. The number of fused-ring (bicyclic) bond motifs is 1. The van der Waals surface area contributed by atoms with Gasteiger partial charge in [-0.05, 0) is 42.2 Å². The van der Waals surface area contributed by atoms with Gasteiger partial charge in [-0.15, -0.1) is 0 Å². The number of hydrogen-bond acceptors (Lipinski definition) is 2. The van der Waals surface area contributed by atoms with Crippen LogP contribution in [0.2, 0.25) is 0 Å². The second kappa shape index (κ2) is 8.94. The Hall–Kier alpha value is -2.95. The topological polar surface area (TPSA) is 66.2 Å². The molecule has 0 unspecified atom stereocenters. The molecule has 0 aliphatic carbocycles. The number of aryl methyl sites for hydroxylation is 1. The summed E-state index contributed by atoms with van der Waals surface area (Å²) in [6.07, 6.45) is 3.77. The van der Waals surface area contributed by atoms with Crippen LogP contribution in [0.15, 0.2) is 54.7 Å². The quantitative estimate of drug-likeness (QED) is 0.542. The first-order valence-electron chi connectivity index (χ1n) is 9.04. The standard InChI is InChI=1S/C21H25N3O2/c1-2-16-6-5-7-18(14-16)26-13-12-23-21(25)22-11-10-17-15-24-20-9-4-3-8-19(17)20/h3-9,14-15,24H,2,10-13H2,1H3,(H2,22,23,25). The number of hydrogen-bond donors (Lipinski definition) is 3. The number of para-hydroxylation sites is 1. The number of benzene rings is 2. The highest BCUT2D eigenvalue weighted by atomic mass is 16.5. The van der Waals surface area contributed by atoms with E-state index in [1.165, 1.54) is 16.5 Å². The molecule has 0 bridgehead atoms. The van der Waals surface area contributed by atoms with Gasteiger partial charge in [-0.3, -0.25) is 0 Å². The fraction of sp³-hybridized carbons (Fsp3) is 0.286. The minimum absolute atomic E-state index is 0.171. The zero-order valence-corrected chi connectivity index (χ0v) is 15.0. The fourth-order valence-electron chi connectivity index (χ4n) is 2.90. The largest absolute Gasteiger partial charge is 0.492 e. The highest BCUT2D eigenvalue weighted by molar-refractivity contribution is 5.83. The van der Waals surface area contributed by atoms with E-state index in [0.717, 1.165) is 24.1 Å². The summed E-state index contributed by atoms with van der Waals surface area (Å²) in [5.41, 5.74) is 3.57. The van der Waals surface area contributed by atoms with Gasteiger partial charge in [-0.2, -0.15) is 0 Å². The Kier molecular flexibility index (Phi) is 6.14. The van der Waals surface area contributed by atoms with E-state index in [9.17, 15) is 4.79 Å². The molecule has 5 nitrogen and oxygen atoms in total. The molecule has 0 atom stereocenters. The number of H-pyrrole nitrogens is 1. The zero-order chi connectivity index (χ0) is 18.2. The van der Waals surface area contributed by atoms with Crippen LogP contribution in [0.3, 0.4) is 0 Å². The van der Waals surface area contributed by atoms with Gasteiger partial charge in [-0.1, -0.05) is 37.3 Å². The van der Waals surface area contributed by atoms with E-state index in [2.05, 4.69) is 40.7 Å². The lowest BCUT2D eigenvalue weighted by Crippen LogP contribution is -2.38. The zero-order valence-electron chi connectivity index (χ0n) is 15.0. The van der Waals surface area contributed by atoms with Crippen LogP contribution in [0, 0.1) is 0 Å². The molecular formula is C21H25N3O2. The van der Waals surface area contributed by atoms with Gasteiger partial charge in [0, 0.05) is 23.6 Å². The van der Waals surface area contributed by atoms with E-state index in [0.29, 0.717) is 19.7 Å². The van der Waals surface area contributed by atoms with Crippen LogP contribution >= 0.6 is 0 Å². The van der Waals surface area contributed by atoms with E-state index in [-0.39, 0.29) is 6.03 Å². The first-order chi connectivity index (χ1) is 12.8. The highest BCUT2D eigenvalue weighted by Crippen LogP contribution is 2.17. The third-order valence-corrected chi connectivity index (χ3v) is 4.32. The van der Waals surface area contributed by atoms with Gasteiger partial charge < -0.3 is 20.4 Å². The first kappa shape index (κ1) is 17.9. The first-order valence-corrected chi connectivity index (χ1v) is 9.04. The van der Waals surface area contributed by atoms with E-state index in [1.807, 2.05) is 36.5 Å². The predicted octanol–water partition coefficient (Wildman–Crippen LogP) is 3.65. The number of nitrogens with one attached hydrogen (secondary N) is 3. The molecule has 0 aliphatic rings. The van der Waals surface area contributed by atoms with Gasteiger partial charge >= 0.3 is 6.03 Å². The molecule has 2 aromatic carbocycles. The predicted molar refractivity (Wildman–Crippen MR) is 105 cm³/mol. The number of amides is 2. The Morgan fingerprint density at radius 1 is 1.08 bits per heavy atom. The van der Waals surface area contributed by atoms with E-state index >= 15 is 0 Å². The number of rotatable bonds is 8. The lowest BCUT2D eigenvalue weighted by molar-refractivity contribution is 0.236. The monoisotopic (exact) mass is 351 g/mol. The van der Waals surface area contributed by atoms with Crippen molar-refractivity contribution in [2.24, 2.45) is 0 Å². The number of carbonyl (C=O) groups is 1. The van der Waals surface area contributed by atoms with E-state index in [1.54, 1.807) is 0 Å². The number of ether oxygens (including phenoxy) is 1. The SMILES string of the molecule is CCc1cccc(OCCNC(=O)NCCc2c[nH]c3ccccc23)c1. The Labute approximate surface area is 153 Å². The Morgan fingerprint density at radius 3 is 2.81 bits per heavy atom. The van der Waals surface area contributed by atoms with Gasteiger partial charge in [0.1, 0.15) is 12.4 Å². The van der Waals surface area contributed by atoms with Crippen molar-refractivity contribution in [3.8, 4) is 5.75 Å². The summed E-state index contributed by atoms with van der Waals surface area (Å²) < 4.78 is 5.66. The smallest absolute Gasteiger partial charge is 0.314 e. The number of aromatic nitrogens is 1. The van der Waals surface area contributed by atoms with Crippen LogP contribution in [0.4, 0.5) is 4.79 Å². The third kappa shape index (κ3) is 4.79. The molecule has 3 aromatic rings. The molecule has 1 aromatic heterocycles. The average Bonchev–Trinajstić information content (AvgIpc) is 3.09. The van der Waals surface area contributed by atoms with Gasteiger partial charge in [0.25, 0.3) is 0 Å². The van der Waals surface area contributed by atoms with E-state index < -0.39 is 0 Å². The van der Waals surface area contributed by atoms with Gasteiger partial charge in [-0.25, -0.2) is 4.79 Å². The maximum atomic E-state index is 11.9. The van der Waals surface area contributed by atoms with Crippen molar-refractivity contribution in [2.75, 3.05) is 19.7 Å². The van der Waals surface area contributed by atoms with Gasteiger partial charge in [0.2, 0.25) is 0 Å². The molecule has 2 amide bonds. The summed E-state index contributed by atoms with van der Waals surface area (Å²) in [6.45, 7) is 3.62. The summed E-state index contributed by atoms with van der Waals surface area (Å²) >= 11 is 0. The van der Waals surface area contributed by atoms with Crippen LogP contribution in [0.25, 0.3) is 10.9 Å². The molecule has 5 heteroatoms. The molecule has 26 heavy (non-hydrogen) atoms. The van der Waals surface area contributed by atoms with Crippen LogP contribution in [-0.2, 0) is 12.8 Å².